The third-order valence-electron chi connectivity index (χ3n) is 2.35. The van der Waals surface area contributed by atoms with Gasteiger partial charge in [0.1, 0.15) is 5.75 Å². The van der Waals surface area contributed by atoms with Crippen molar-refractivity contribution in [3.8, 4) is 23.1 Å². The fraction of sp³-hybridized carbons (Fsp3) is 0.385. The molecule has 0 fully saturated rings. The minimum atomic E-state index is 0.114. The Morgan fingerprint density at radius 1 is 1.10 bits per heavy atom. The first-order chi connectivity index (χ1) is 9.72. The van der Waals surface area contributed by atoms with Crippen molar-refractivity contribution in [1.29, 1.82) is 0 Å². The summed E-state index contributed by atoms with van der Waals surface area (Å²) in [5, 5.41) is 0. The number of hydrogen-bond acceptors (Lipinski definition) is 7. The summed E-state index contributed by atoms with van der Waals surface area (Å²) in [4.78, 5) is 16.3. The highest BCUT2D eigenvalue weighted by Gasteiger charge is 2.09. The molecule has 7 heteroatoms. The predicted octanol–water partition coefficient (Wildman–Crippen LogP) is 1.70. The van der Waals surface area contributed by atoms with Gasteiger partial charge in [0.25, 0.3) is 0 Å². The molecular weight excluding hydrogens is 258 g/mol. The van der Waals surface area contributed by atoms with Crippen molar-refractivity contribution in [1.82, 2.24) is 19.9 Å². The number of nitrogens with two attached hydrogens (primary N) is 1. The van der Waals surface area contributed by atoms with Gasteiger partial charge in [-0.05, 0) is 19.4 Å². The largest absolute Gasteiger partial charge is 0.492 e. The van der Waals surface area contributed by atoms with E-state index in [1.165, 1.54) is 0 Å². The third kappa shape index (κ3) is 3.53. The average Bonchev–Trinajstić information content (AvgIpc) is 2.45. The van der Waals surface area contributed by atoms with Gasteiger partial charge < -0.3 is 15.2 Å². The summed E-state index contributed by atoms with van der Waals surface area (Å²) in [5.41, 5.74) is 6.37. The summed E-state index contributed by atoms with van der Waals surface area (Å²) in [6.45, 7) is 5.00. The number of ether oxygens (including phenoxy) is 2. The molecule has 0 spiro atoms. The van der Waals surface area contributed by atoms with E-state index in [0.29, 0.717) is 30.4 Å². The van der Waals surface area contributed by atoms with Crippen LogP contribution in [0.5, 0.6) is 11.8 Å². The summed E-state index contributed by atoms with van der Waals surface area (Å²) in [5.74, 6) is 1.18. The van der Waals surface area contributed by atoms with Crippen LogP contribution in [0.4, 0.5) is 5.95 Å². The molecule has 0 amide bonds. The second kappa shape index (κ2) is 6.65. The maximum atomic E-state index is 5.67. The summed E-state index contributed by atoms with van der Waals surface area (Å²) in [7, 11) is 0. The Hall–Kier alpha value is -2.44. The van der Waals surface area contributed by atoms with Gasteiger partial charge in [-0.25, -0.2) is 0 Å². The number of rotatable bonds is 6. The number of nitrogen functional groups attached to an aromatic ring is 1. The van der Waals surface area contributed by atoms with Gasteiger partial charge in [0.2, 0.25) is 5.95 Å². The van der Waals surface area contributed by atoms with Crippen molar-refractivity contribution in [3.63, 3.8) is 0 Å². The summed E-state index contributed by atoms with van der Waals surface area (Å²) in [6.07, 6.45) is 4.13. The number of aromatic nitrogens is 4. The van der Waals surface area contributed by atoms with E-state index in [9.17, 15) is 0 Å². The van der Waals surface area contributed by atoms with Crippen LogP contribution in [0.2, 0.25) is 0 Å². The van der Waals surface area contributed by atoms with E-state index >= 15 is 0 Å². The van der Waals surface area contributed by atoms with Crippen LogP contribution < -0.4 is 15.2 Å². The Labute approximate surface area is 117 Å². The van der Waals surface area contributed by atoms with E-state index in [1.807, 2.05) is 13.8 Å². The van der Waals surface area contributed by atoms with Gasteiger partial charge in [-0.15, -0.1) is 0 Å². The maximum Gasteiger partial charge on any atom is 0.321 e. The fourth-order valence-corrected chi connectivity index (χ4v) is 1.55. The summed E-state index contributed by atoms with van der Waals surface area (Å²) < 4.78 is 10.8. The maximum absolute atomic E-state index is 5.67. The molecule has 2 heterocycles. The van der Waals surface area contributed by atoms with Crippen molar-refractivity contribution in [2.24, 2.45) is 0 Å². The van der Waals surface area contributed by atoms with Crippen LogP contribution in [0.25, 0.3) is 11.4 Å². The van der Waals surface area contributed by atoms with Crippen molar-refractivity contribution in [2.45, 2.75) is 20.3 Å². The highest BCUT2D eigenvalue weighted by atomic mass is 16.5. The first-order valence-corrected chi connectivity index (χ1v) is 6.45. The lowest BCUT2D eigenvalue weighted by atomic mass is 10.2. The highest BCUT2D eigenvalue weighted by Crippen LogP contribution is 2.21. The van der Waals surface area contributed by atoms with Crippen molar-refractivity contribution >= 4 is 5.95 Å². The zero-order valence-corrected chi connectivity index (χ0v) is 11.5. The lowest BCUT2D eigenvalue weighted by Crippen LogP contribution is -2.06. The lowest BCUT2D eigenvalue weighted by Gasteiger charge is -2.07. The highest BCUT2D eigenvalue weighted by molar-refractivity contribution is 5.56. The third-order valence-corrected chi connectivity index (χ3v) is 2.35. The molecule has 0 aliphatic rings. The zero-order chi connectivity index (χ0) is 14.4. The molecule has 2 aromatic heterocycles. The van der Waals surface area contributed by atoms with Crippen LogP contribution in [0.15, 0.2) is 18.5 Å². The van der Waals surface area contributed by atoms with E-state index in [4.69, 9.17) is 15.2 Å². The Kier molecular flexibility index (Phi) is 4.65. The number of anilines is 1. The smallest absolute Gasteiger partial charge is 0.321 e. The van der Waals surface area contributed by atoms with Crippen molar-refractivity contribution in [2.75, 3.05) is 18.9 Å². The molecule has 0 aromatic carbocycles. The van der Waals surface area contributed by atoms with Crippen LogP contribution >= 0.6 is 0 Å². The van der Waals surface area contributed by atoms with Crippen LogP contribution in [0.1, 0.15) is 20.3 Å². The quantitative estimate of drug-likeness (QED) is 0.857. The first kappa shape index (κ1) is 14.0. The molecule has 0 saturated carbocycles. The molecule has 0 atom stereocenters. The van der Waals surface area contributed by atoms with Crippen LogP contribution in [-0.4, -0.2) is 33.1 Å². The van der Waals surface area contributed by atoms with E-state index in [0.717, 1.165) is 6.42 Å². The molecule has 2 aromatic rings. The molecule has 0 unspecified atom stereocenters. The second-order valence-corrected chi connectivity index (χ2v) is 3.99. The number of nitrogens with zero attached hydrogens (tertiary/aromatic N) is 4. The van der Waals surface area contributed by atoms with Gasteiger partial charge in [0.05, 0.1) is 19.4 Å². The standard InChI is InChI=1S/C13H17N5O2/c1-3-5-20-13-17-11(16-12(14)18-13)9-6-10(19-4-2)8-15-7-9/h6-8H,3-5H2,1-2H3,(H2,14,16,17,18). The van der Waals surface area contributed by atoms with Gasteiger partial charge >= 0.3 is 6.01 Å². The molecule has 0 saturated heterocycles. The van der Waals surface area contributed by atoms with Gasteiger partial charge in [-0.1, -0.05) is 6.92 Å². The fourth-order valence-electron chi connectivity index (χ4n) is 1.55. The van der Waals surface area contributed by atoms with Gasteiger partial charge in [-0.3, -0.25) is 4.98 Å². The normalized spacial score (nSPS) is 10.3. The predicted molar refractivity (Wildman–Crippen MR) is 74.4 cm³/mol. The molecule has 0 radical (unpaired) electrons. The Balaban J connectivity index is 2.31. The topological polar surface area (TPSA) is 96.0 Å². The van der Waals surface area contributed by atoms with Crippen LogP contribution in [-0.2, 0) is 0 Å². The van der Waals surface area contributed by atoms with E-state index < -0.39 is 0 Å². The number of hydrogen-bond donors (Lipinski definition) is 1. The monoisotopic (exact) mass is 275 g/mol. The van der Waals surface area contributed by atoms with E-state index in [1.54, 1.807) is 18.5 Å². The van der Waals surface area contributed by atoms with Gasteiger partial charge in [-0.2, -0.15) is 15.0 Å². The molecule has 106 valence electrons. The average molecular weight is 275 g/mol. The molecular formula is C13H17N5O2. The Morgan fingerprint density at radius 3 is 2.70 bits per heavy atom. The minimum Gasteiger partial charge on any atom is -0.492 e. The Morgan fingerprint density at radius 2 is 1.95 bits per heavy atom. The van der Waals surface area contributed by atoms with E-state index in [2.05, 4.69) is 19.9 Å². The van der Waals surface area contributed by atoms with E-state index in [-0.39, 0.29) is 12.0 Å². The van der Waals surface area contributed by atoms with Gasteiger partial charge in [0.15, 0.2) is 5.82 Å². The molecule has 0 aliphatic carbocycles. The minimum absolute atomic E-state index is 0.114. The number of pyridine rings is 1. The van der Waals surface area contributed by atoms with Gasteiger partial charge in [0, 0.05) is 11.8 Å². The van der Waals surface area contributed by atoms with Crippen LogP contribution in [0.3, 0.4) is 0 Å². The van der Waals surface area contributed by atoms with Crippen LogP contribution in [0, 0.1) is 0 Å². The summed E-state index contributed by atoms with van der Waals surface area (Å²) >= 11 is 0. The summed E-state index contributed by atoms with van der Waals surface area (Å²) in [6, 6.07) is 2.02. The molecule has 0 aliphatic heterocycles. The first-order valence-electron chi connectivity index (χ1n) is 6.45. The Bertz CT molecular complexity index is 576. The molecule has 2 N–H and O–H groups in total. The second-order valence-electron chi connectivity index (χ2n) is 3.99. The zero-order valence-electron chi connectivity index (χ0n) is 11.5. The molecule has 2 rings (SSSR count). The molecule has 20 heavy (non-hydrogen) atoms. The molecule has 0 bridgehead atoms. The van der Waals surface area contributed by atoms with Crippen molar-refractivity contribution in [3.05, 3.63) is 18.5 Å². The van der Waals surface area contributed by atoms with Crippen molar-refractivity contribution < 1.29 is 9.47 Å². The molecule has 7 nitrogen and oxygen atoms in total. The lowest BCUT2D eigenvalue weighted by molar-refractivity contribution is 0.292. The SMILES string of the molecule is CCCOc1nc(N)nc(-c2cncc(OCC)c2)n1.